The smallest absolute Gasteiger partial charge is 0.256 e. The van der Waals surface area contributed by atoms with Gasteiger partial charge in [0.15, 0.2) is 0 Å². The zero-order valence-electron chi connectivity index (χ0n) is 22.6. The van der Waals surface area contributed by atoms with E-state index in [0.29, 0.717) is 37.7 Å². The molecule has 0 atom stereocenters. The molecule has 1 aliphatic heterocycles. The number of rotatable bonds is 5. The quantitative estimate of drug-likeness (QED) is 0.235. The number of halogens is 2. The summed E-state index contributed by atoms with van der Waals surface area (Å²) < 4.78 is 16.4. The third-order valence-corrected chi connectivity index (χ3v) is 7.93. The number of hydrogen-bond acceptors (Lipinski definition) is 3. The molecule has 5 nitrogen and oxygen atoms in total. The Bertz CT molecular complexity index is 1700. The molecule has 0 radical (unpaired) electrons. The molecule has 2 aromatic heterocycles. The van der Waals surface area contributed by atoms with Crippen LogP contribution in [0.5, 0.6) is 0 Å². The van der Waals surface area contributed by atoms with E-state index in [-0.39, 0.29) is 11.5 Å². The molecule has 1 aliphatic rings. The number of fused-ring (bicyclic) bond motifs is 1. The minimum atomic E-state index is -0.479. The molecule has 0 bridgehead atoms. The Morgan fingerprint density at radius 1 is 0.900 bits per heavy atom. The van der Waals surface area contributed by atoms with E-state index in [1.54, 1.807) is 23.1 Å². The Morgan fingerprint density at radius 3 is 2.38 bits per heavy atom. The second kappa shape index (κ2) is 10.9. The molecule has 0 N–H and O–H groups in total. The first-order valence-electron chi connectivity index (χ1n) is 13.5. The molecule has 1 fully saturated rings. The lowest BCUT2D eigenvalue weighted by atomic mass is 10.00. The van der Waals surface area contributed by atoms with Gasteiger partial charge in [-0.25, -0.2) is 9.37 Å². The van der Waals surface area contributed by atoms with Crippen molar-refractivity contribution in [3.8, 4) is 22.4 Å². The van der Waals surface area contributed by atoms with Crippen molar-refractivity contribution in [3.63, 3.8) is 0 Å². The van der Waals surface area contributed by atoms with E-state index in [2.05, 4.69) is 59.7 Å². The average molecular weight is 553 g/mol. The van der Waals surface area contributed by atoms with Crippen LogP contribution in [-0.4, -0.2) is 51.3 Å². The van der Waals surface area contributed by atoms with Gasteiger partial charge in [-0.05, 0) is 66.9 Å². The summed E-state index contributed by atoms with van der Waals surface area (Å²) >= 11 is 6.19. The highest BCUT2D eigenvalue weighted by Crippen LogP contribution is 2.31. The normalized spacial score (nSPS) is 14.2. The van der Waals surface area contributed by atoms with Gasteiger partial charge in [0, 0.05) is 49.5 Å². The number of hydrogen-bond donors (Lipinski definition) is 0. The summed E-state index contributed by atoms with van der Waals surface area (Å²) in [6.45, 7) is 7.35. The van der Waals surface area contributed by atoms with Crippen LogP contribution in [0.3, 0.4) is 0 Å². The van der Waals surface area contributed by atoms with Gasteiger partial charge in [-0.2, -0.15) is 0 Å². The largest absolute Gasteiger partial charge is 0.336 e. The Hall–Kier alpha value is -4.00. The minimum Gasteiger partial charge on any atom is -0.336 e. The van der Waals surface area contributed by atoms with Crippen LogP contribution in [0, 0.1) is 19.7 Å². The van der Waals surface area contributed by atoms with Crippen molar-refractivity contribution < 1.29 is 9.18 Å². The van der Waals surface area contributed by atoms with Crippen molar-refractivity contribution in [2.75, 3.05) is 26.2 Å². The van der Waals surface area contributed by atoms with E-state index in [0.717, 1.165) is 28.2 Å². The molecule has 0 unspecified atom stereocenters. The van der Waals surface area contributed by atoms with Crippen LogP contribution in [0.15, 0.2) is 85.1 Å². The highest BCUT2D eigenvalue weighted by atomic mass is 35.5. The Kier molecular flexibility index (Phi) is 7.13. The number of imidazole rings is 1. The van der Waals surface area contributed by atoms with Gasteiger partial charge in [-0.1, -0.05) is 59.6 Å². The number of aryl methyl sites for hydroxylation is 2. The van der Waals surface area contributed by atoms with E-state index < -0.39 is 5.82 Å². The molecule has 0 saturated carbocycles. The van der Waals surface area contributed by atoms with Crippen molar-refractivity contribution in [2.45, 2.75) is 20.4 Å². The fourth-order valence-corrected chi connectivity index (χ4v) is 5.54. The number of carbonyl (C=O) groups excluding carboxylic acids is 1. The highest BCUT2D eigenvalue weighted by molar-refractivity contribution is 6.30. The first-order valence-corrected chi connectivity index (χ1v) is 13.9. The number of pyridine rings is 1. The molecule has 5 aromatic rings. The molecule has 7 heteroatoms. The standard InChI is InChI=1S/C33H30ClFN4O/c1-22-7-8-23(2)28(19-22)25-11-14-31-36-32(24-9-12-26(34)13-10-24)30(39(31)20-25)21-37-15-17-38(18-16-37)33(40)27-5-3-4-6-29(27)35/h3-14,19-20H,15-18,21H2,1-2H3. The lowest BCUT2D eigenvalue weighted by molar-refractivity contribution is 0.0622. The van der Waals surface area contributed by atoms with Crippen LogP contribution >= 0.6 is 11.6 Å². The molecule has 1 amide bonds. The molecule has 0 spiro atoms. The van der Waals surface area contributed by atoms with Crippen LogP contribution in [0.1, 0.15) is 27.2 Å². The van der Waals surface area contributed by atoms with Crippen LogP contribution in [0.2, 0.25) is 5.02 Å². The Balaban J connectivity index is 1.32. The molecule has 1 saturated heterocycles. The van der Waals surface area contributed by atoms with Gasteiger partial charge in [0.1, 0.15) is 11.5 Å². The number of aromatic nitrogens is 2. The second-order valence-corrected chi connectivity index (χ2v) is 10.9. The zero-order chi connectivity index (χ0) is 27.8. The van der Waals surface area contributed by atoms with Gasteiger partial charge < -0.3 is 9.30 Å². The first-order chi connectivity index (χ1) is 19.4. The van der Waals surface area contributed by atoms with Gasteiger partial charge in [-0.3, -0.25) is 9.69 Å². The Morgan fingerprint density at radius 2 is 1.62 bits per heavy atom. The number of amides is 1. The lowest BCUT2D eigenvalue weighted by Gasteiger charge is -2.34. The van der Waals surface area contributed by atoms with Crippen molar-refractivity contribution in [3.05, 3.63) is 118 Å². The third kappa shape index (κ3) is 5.12. The van der Waals surface area contributed by atoms with Crippen LogP contribution < -0.4 is 0 Å². The molecular formula is C33H30ClFN4O. The fraction of sp³-hybridized carbons (Fsp3) is 0.212. The molecule has 3 aromatic carbocycles. The molecule has 0 aliphatic carbocycles. The first kappa shape index (κ1) is 26.2. The van der Waals surface area contributed by atoms with Gasteiger partial charge in [0.05, 0.1) is 17.0 Å². The van der Waals surface area contributed by atoms with E-state index in [9.17, 15) is 9.18 Å². The highest BCUT2D eigenvalue weighted by Gasteiger charge is 2.26. The number of benzene rings is 3. The third-order valence-electron chi connectivity index (χ3n) is 7.68. The van der Waals surface area contributed by atoms with E-state index in [4.69, 9.17) is 16.6 Å². The maximum atomic E-state index is 14.2. The predicted molar refractivity (Wildman–Crippen MR) is 158 cm³/mol. The van der Waals surface area contributed by atoms with Crippen LogP contribution in [-0.2, 0) is 6.54 Å². The monoisotopic (exact) mass is 552 g/mol. The SMILES string of the molecule is Cc1ccc(C)c(-c2ccc3nc(-c4ccc(Cl)cc4)c(CN4CCN(C(=O)c5ccccc5F)CC4)n3c2)c1. The molecule has 40 heavy (non-hydrogen) atoms. The van der Waals surface area contributed by atoms with Crippen LogP contribution in [0.25, 0.3) is 28.0 Å². The van der Waals surface area contributed by atoms with E-state index in [1.165, 1.54) is 22.8 Å². The molecule has 202 valence electrons. The van der Waals surface area contributed by atoms with Gasteiger partial charge in [-0.15, -0.1) is 0 Å². The lowest BCUT2D eigenvalue weighted by Crippen LogP contribution is -2.48. The topological polar surface area (TPSA) is 40.9 Å². The summed E-state index contributed by atoms with van der Waals surface area (Å²) in [6.07, 6.45) is 2.18. The zero-order valence-corrected chi connectivity index (χ0v) is 23.3. The van der Waals surface area contributed by atoms with Gasteiger partial charge in [0.2, 0.25) is 0 Å². The fourth-order valence-electron chi connectivity index (χ4n) is 5.42. The van der Waals surface area contributed by atoms with Crippen molar-refractivity contribution in [2.24, 2.45) is 0 Å². The second-order valence-electron chi connectivity index (χ2n) is 10.4. The molecular weight excluding hydrogens is 523 g/mol. The van der Waals surface area contributed by atoms with Crippen molar-refractivity contribution in [1.29, 1.82) is 0 Å². The van der Waals surface area contributed by atoms with Crippen molar-refractivity contribution >= 4 is 23.2 Å². The number of nitrogens with zero attached hydrogens (tertiary/aromatic N) is 4. The summed E-state index contributed by atoms with van der Waals surface area (Å²) in [5.74, 6) is -0.736. The maximum Gasteiger partial charge on any atom is 0.256 e. The summed E-state index contributed by atoms with van der Waals surface area (Å²) in [5.41, 5.74) is 8.79. The van der Waals surface area contributed by atoms with Crippen molar-refractivity contribution in [1.82, 2.24) is 19.2 Å². The predicted octanol–water partition coefficient (Wildman–Crippen LogP) is 7.04. The van der Waals surface area contributed by atoms with Crippen LogP contribution in [0.4, 0.5) is 4.39 Å². The average Bonchev–Trinajstić information content (AvgIpc) is 3.32. The molecule has 3 heterocycles. The van der Waals surface area contributed by atoms with Gasteiger partial charge >= 0.3 is 0 Å². The minimum absolute atomic E-state index is 0.127. The summed E-state index contributed by atoms with van der Waals surface area (Å²) in [6, 6.07) is 24.7. The number of piperazine rings is 1. The van der Waals surface area contributed by atoms with Gasteiger partial charge in [0.25, 0.3) is 5.91 Å². The molecule has 6 rings (SSSR count). The van der Waals surface area contributed by atoms with E-state index in [1.807, 2.05) is 24.3 Å². The maximum absolute atomic E-state index is 14.2. The van der Waals surface area contributed by atoms with E-state index >= 15 is 0 Å². The summed E-state index contributed by atoms with van der Waals surface area (Å²) in [4.78, 5) is 22.1. The summed E-state index contributed by atoms with van der Waals surface area (Å²) in [7, 11) is 0. The number of carbonyl (C=O) groups is 1. The Labute approximate surface area is 238 Å². The summed E-state index contributed by atoms with van der Waals surface area (Å²) in [5, 5.41) is 0.682.